The molecule has 0 saturated heterocycles. The fraction of sp³-hybridized carbons (Fsp3) is 0.444. The average Bonchev–Trinajstić information content (AvgIpc) is 2.72. The van der Waals surface area contributed by atoms with Crippen molar-refractivity contribution in [3.63, 3.8) is 0 Å². The van der Waals surface area contributed by atoms with E-state index in [9.17, 15) is 13.2 Å². The molecular weight excluding hydrogens is 239 g/mol. The largest absolute Gasteiger partial charge is 0.475 e. The van der Waals surface area contributed by atoms with Crippen LogP contribution in [0.2, 0.25) is 0 Å². The number of hydrogen-bond acceptors (Lipinski definition) is 5. The van der Waals surface area contributed by atoms with Crippen LogP contribution in [-0.4, -0.2) is 34.8 Å². The fourth-order valence-electron chi connectivity index (χ4n) is 1.89. The van der Waals surface area contributed by atoms with Gasteiger partial charge < -0.3 is 9.57 Å². The number of ether oxygens (including phenoxy) is 1. The van der Waals surface area contributed by atoms with Gasteiger partial charge in [-0.2, -0.15) is 18.3 Å². The smallest absolute Gasteiger partial charge is 0.428 e. The summed E-state index contributed by atoms with van der Waals surface area (Å²) in [5.41, 5.74) is 0.631. The number of fused-ring (bicyclic) bond motifs is 3. The zero-order valence-corrected chi connectivity index (χ0v) is 8.31. The van der Waals surface area contributed by atoms with Gasteiger partial charge >= 0.3 is 6.18 Å². The lowest BCUT2D eigenvalue weighted by atomic mass is 9.92. The third-order valence-electron chi connectivity index (χ3n) is 2.67. The highest BCUT2D eigenvalue weighted by Crippen LogP contribution is 2.38. The van der Waals surface area contributed by atoms with Crippen molar-refractivity contribution in [3.05, 3.63) is 17.8 Å². The molecule has 0 fully saturated rings. The summed E-state index contributed by atoms with van der Waals surface area (Å²) >= 11 is 0. The van der Waals surface area contributed by atoms with Gasteiger partial charge in [-0.05, 0) is 6.07 Å². The van der Waals surface area contributed by atoms with E-state index >= 15 is 0 Å². The van der Waals surface area contributed by atoms with Crippen LogP contribution in [-0.2, 0) is 4.84 Å². The molecule has 2 unspecified atom stereocenters. The van der Waals surface area contributed by atoms with Crippen LogP contribution in [0.4, 0.5) is 13.2 Å². The van der Waals surface area contributed by atoms with Crippen LogP contribution >= 0.6 is 0 Å². The topological polar surface area (TPSA) is 56.6 Å². The molecule has 8 heteroatoms. The minimum atomic E-state index is -4.46. The van der Waals surface area contributed by atoms with Crippen molar-refractivity contribution in [2.24, 2.45) is 11.1 Å². The predicted octanol–water partition coefficient (Wildman–Crippen LogP) is 1.15. The van der Waals surface area contributed by atoms with Crippen LogP contribution in [0.5, 0.6) is 5.88 Å². The van der Waals surface area contributed by atoms with E-state index in [2.05, 4.69) is 20.2 Å². The maximum absolute atomic E-state index is 12.6. The molecule has 0 aliphatic carbocycles. The molecule has 1 aromatic heterocycles. The van der Waals surface area contributed by atoms with Gasteiger partial charge in [-0.15, -0.1) is 5.10 Å². The number of rotatable bonds is 0. The van der Waals surface area contributed by atoms with Crippen molar-refractivity contribution in [3.8, 4) is 5.88 Å². The van der Waals surface area contributed by atoms with E-state index in [-0.39, 0.29) is 18.2 Å². The lowest BCUT2D eigenvalue weighted by Gasteiger charge is -2.24. The van der Waals surface area contributed by atoms with E-state index < -0.39 is 18.2 Å². The zero-order valence-electron chi connectivity index (χ0n) is 8.31. The van der Waals surface area contributed by atoms with Crippen LogP contribution in [0.25, 0.3) is 0 Å². The van der Waals surface area contributed by atoms with Crippen LogP contribution in [0.15, 0.2) is 17.4 Å². The summed E-state index contributed by atoms with van der Waals surface area (Å²) in [6.07, 6.45) is -5.04. The number of alkyl halides is 3. The van der Waals surface area contributed by atoms with Crippen LogP contribution in [0.3, 0.4) is 0 Å². The van der Waals surface area contributed by atoms with Crippen LogP contribution < -0.4 is 4.74 Å². The predicted molar refractivity (Wildman–Crippen MR) is 48.5 cm³/mol. The van der Waals surface area contributed by atoms with Crippen molar-refractivity contribution in [1.82, 2.24) is 10.2 Å². The van der Waals surface area contributed by atoms with Crippen molar-refractivity contribution in [2.45, 2.75) is 12.3 Å². The first-order valence-corrected chi connectivity index (χ1v) is 4.82. The number of halogens is 3. The Labute approximate surface area is 93.2 Å². The number of aromatic nitrogens is 2. The Bertz CT molecular complexity index is 489. The molecule has 0 amide bonds. The van der Waals surface area contributed by atoms with Crippen LogP contribution in [0, 0.1) is 5.92 Å². The molecule has 0 N–H and O–H groups in total. The van der Waals surface area contributed by atoms with Gasteiger partial charge in [0, 0.05) is 0 Å². The molecular formula is C9H6F3N3O2. The summed E-state index contributed by atoms with van der Waals surface area (Å²) in [5, 5.41) is 10.8. The van der Waals surface area contributed by atoms with Crippen molar-refractivity contribution < 1.29 is 22.7 Å². The van der Waals surface area contributed by atoms with Gasteiger partial charge in [-0.3, -0.25) is 0 Å². The molecule has 3 heterocycles. The van der Waals surface area contributed by atoms with E-state index in [0.29, 0.717) is 5.56 Å². The average molecular weight is 245 g/mol. The van der Waals surface area contributed by atoms with E-state index in [4.69, 9.17) is 4.74 Å². The van der Waals surface area contributed by atoms with E-state index in [1.54, 1.807) is 0 Å². The van der Waals surface area contributed by atoms with Gasteiger partial charge in [-0.1, -0.05) is 5.16 Å². The Morgan fingerprint density at radius 1 is 1.35 bits per heavy atom. The van der Waals surface area contributed by atoms with Gasteiger partial charge in [-0.25, -0.2) is 0 Å². The maximum Gasteiger partial charge on any atom is 0.428 e. The molecule has 5 nitrogen and oxygen atoms in total. The molecule has 2 atom stereocenters. The number of oxime groups is 1. The molecule has 0 radical (unpaired) electrons. The zero-order chi connectivity index (χ0) is 12.0. The molecule has 1 aromatic rings. The minimum absolute atomic E-state index is 0.158. The first kappa shape index (κ1) is 10.3. The van der Waals surface area contributed by atoms with Crippen molar-refractivity contribution in [2.75, 3.05) is 6.61 Å². The Hall–Kier alpha value is -1.86. The molecule has 90 valence electrons. The molecule has 0 aromatic carbocycles. The van der Waals surface area contributed by atoms with Gasteiger partial charge in [0.05, 0.1) is 17.7 Å². The van der Waals surface area contributed by atoms with Gasteiger partial charge in [0.15, 0.2) is 0 Å². The fourth-order valence-corrected chi connectivity index (χ4v) is 1.89. The molecule has 0 spiro atoms. The number of nitrogens with zero attached hydrogens (tertiary/aromatic N) is 3. The van der Waals surface area contributed by atoms with Gasteiger partial charge in [0.25, 0.3) is 0 Å². The molecule has 0 saturated carbocycles. The highest BCUT2D eigenvalue weighted by atomic mass is 19.4. The summed E-state index contributed by atoms with van der Waals surface area (Å²) in [6, 6.07) is 1.51. The number of hydrogen-bond donors (Lipinski definition) is 0. The first-order chi connectivity index (χ1) is 8.07. The Balaban J connectivity index is 1.98. The Morgan fingerprint density at radius 2 is 2.18 bits per heavy atom. The van der Waals surface area contributed by atoms with Gasteiger partial charge in [0.1, 0.15) is 12.3 Å². The minimum Gasteiger partial charge on any atom is -0.475 e. The van der Waals surface area contributed by atoms with Crippen molar-refractivity contribution >= 4 is 5.71 Å². The van der Waals surface area contributed by atoms with E-state index in [1.807, 2.05) is 0 Å². The van der Waals surface area contributed by atoms with Gasteiger partial charge in [0.2, 0.25) is 12.0 Å². The first-order valence-electron chi connectivity index (χ1n) is 4.82. The van der Waals surface area contributed by atoms with Crippen LogP contribution in [0.1, 0.15) is 5.56 Å². The Kier molecular flexibility index (Phi) is 2.01. The summed E-state index contributed by atoms with van der Waals surface area (Å²) < 4.78 is 43.0. The second-order valence-corrected chi connectivity index (χ2v) is 3.71. The molecule has 2 aliphatic rings. The molecule has 0 bridgehead atoms. The lowest BCUT2D eigenvalue weighted by Crippen LogP contribution is -2.42. The SMILES string of the molecule is FC(F)(F)C1ON=C2c3ccnnc3OCC21. The highest BCUT2D eigenvalue weighted by molar-refractivity contribution is 6.05. The normalized spacial score (nSPS) is 26.4. The molecule has 2 aliphatic heterocycles. The quantitative estimate of drug-likeness (QED) is 0.688. The second-order valence-electron chi connectivity index (χ2n) is 3.71. The summed E-state index contributed by atoms with van der Waals surface area (Å²) in [5.74, 6) is -0.749. The third kappa shape index (κ3) is 1.51. The summed E-state index contributed by atoms with van der Waals surface area (Å²) in [4.78, 5) is 4.46. The summed E-state index contributed by atoms with van der Waals surface area (Å²) in [6.45, 7) is -0.158. The highest BCUT2D eigenvalue weighted by Gasteiger charge is 2.54. The van der Waals surface area contributed by atoms with Crippen molar-refractivity contribution in [1.29, 1.82) is 0 Å². The van der Waals surface area contributed by atoms with E-state index in [0.717, 1.165) is 0 Å². The lowest BCUT2D eigenvalue weighted by molar-refractivity contribution is -0.224. The monoisotopic (exact) mass is 245 g/mol. The molecule has 17 heavy (non-hydrogen) atoms. The maximum atomic E-state index is 12.6. The standard InChI is InChI=1S/C9H6F3N3O2/c10-9(11,12)7-5-3-16-8-4(1-2-13-14-8)6(5)15-17-7/h1-2,5,7H,3H2. The third-order valence-corrected chi connectivity index (χ3v) is 2.67. The second kappa shape index (κ2) is 3.31. The molecule has 3 rings (SSSR count). The summed E-state index contributed by atoms with van der Waals surface area (Å²) in [7, 11) is 0. The Morgan fingerprint density at radius 3 is 2.94 bits per heavy atom. The van der Waals surface area contributed by atoms with E-state index in [1.165, 1.54) is 12.3 Å².